The fraction of sp³-hybridized carbons (Fsp3) is 0.514. The van der Waals surface area contributed by atoms with E-state index in [0.29, 0.717) is 10.6 Å². The first-order chi connectivity index (χ1) is 22.7. The molecule has 3 N–H and O–H groups in total. The van der Waals surface area contributed by atoms with E-state index in [1.54, 1.807) is 18.7 Å². The Balaban J connectivity index is 1.17. The van der Waals surface area contributed by atoms with Crippen molar-refractivity contribution in [3.63, 3.8) is 0 Å². The van der Waals surface area contributed by atoms with E-state index >= 15 is 8.78 Å². The Kier molecular flexibility index (Phi) is 8.29. The first-order valence-electron chi connectivity index (χ1n) is 16.5. The highest BCUT2D eigenvalue weighted by molar-refractivity contribution is 7.99. The molecule has 7 nitrogen and oxygen atoms in total. The number of aliphatic hydroxyl groups excluding tert-OH is 2. The van der Waals surface area contributed by atoms with Gasteiger partial charge in [-0.2, -0.15) is 0 Å². The summed E-state index contributed by atoms with van der Waals surface area (Å²) < 4.78 is 46.5. The van der Waals surface area contributed by atoms with Gasteiger partial charge < -0.3 is 25.0 Å². The predicted octanol–water partition coefficient (Wildman–Crippen LogP) is 6.95. The van der Waals surface area contributed by atoms with Crippen LogP contribution in [-0.2, 0) is 19.1 Å². The van der Waals surface area contributed by atoms with Crippen LogP contribution in [0.5, 0.6) is 0 Å². The molecule has 2 aromatic carbocycles. The number of rotatable bonds is 7. The molecular formula is C37H40ClF2NO6S. The van der Waals surface area contributed by atoms with Crippen molar-refractivity contribution in [2.75, 3.05) is 11.9 Å². The zero-order chi connectivity index (χ0) is 34.4. The number of nitrogens with one attached hydrogen (secondary N) is 1. The van der Waals surface area contributed by atoms with E-state index < -0.39 is 76.8 Å². The molecule has 1 heterocycles. The number of benzene rings is 2. The summed E-state index contributed by atoms with van der Waals surface area (Å²) >= 11 is 7.92. The maximum Gasteiger partial charge on any atom is 0.193 e. The Hall–Kier alpha value is -2.60. The zero-order valence-electron chi connectivity index (χ0n) is 27.2. The number of ketones is 2. The van der Waals surface area contributed by atoms with Crippen LogP contribution in [0.1, 0.15) is 58.8 Å². The lowest BCUT2D eigenvalue weighted by atomic mass is 9.44. The lowest BCUT2D eigenvalue weighted by Crippen LogP contribution is -2.70. The number of aliphatic hydroxyl groups is 2. The summed E-state index contributed by atoms with van der Waals surface area (Å²) in [5.41, 5.74) is -5.16. The fourth-order valence-electron chi connectivity index (χ4n) is 9.53. The molecule has 3 saturated carbocycles. The molecule has 256 valence electrons. The second kappa shape index (κ2) is 11.7. The van der Waals surface area contributed by atoms with Crippen molar-refractivity contribution in [1.29, 1.82) is 0 Å². The van der Waals surface area contributed by atoms with Gasteiger partial charge in [0.1, 0.15) is 12.8 Å². The molecule has 1 aliphatic heterocycles. The Morgan fingerprint density at radius 1 is 1.12 bits per heavy atom. The molecule has 0 aromatic heterocycles. The Bertz CT molecular complexity index is 1720. The number of allylic oxidation sites excluding steroid dienone is 4. The highest BCUT2D eigenvalue weighted by atomic mass is 35.5. The first kappa shape index (κ1) is 33.9. The van der Waals surface area contributed by atoms with Gasteiger partial charge in [-0.15, -0.1) is 0 Å². The minimum atomic E-state index is -2.30. The molecule has 4 fully saturated rings. The van der Waals surface area contributed by atoms with Crippen LogP contribution in [0.25, 0.3) is 0 Å². The van der Waals surface area contributed by atoms with Gasteiger partial charge in [0, 0.05) is 38.1 Å². The maximum atomic E-state index is 17.6. The molecule has 0 spiro atoms. The highest BCUT2D eigenvalue weighted by Crippen LogP contribution is 2.72. The predicted molar refractivity (Wildman–Crippen MR) is 178 cm³/mol. The van der Waals surface area contributed by atoms with E-state index in [1.807, 2.05) is 56.3 Å². The number of carbonyl (C=O) groups excluding carboxylic acids is 2. The zero-order valence-corrected chi connectivity index (χ0v) is 28.8. The van der Waals surface area contributed by atoms with Crippen LogP contribution < -0.4 is 5.32 Å². The van der Waals surface area contributed by atoms with Crippen LogP contribution in [0, 0.1) is 22.7 Å². The Labute approximate surface area is 288 Å². The number of halogens is 3. The second-order valence-electron chi connectivity index (χ2n) is 14.6. The Morgan fingerprint density at radius 3 is 2.52 bits per heavy atom. The molecule has 7 rings (SSSR count). The molecule has 5 aliphatic rings. The fourth-order valence-corrected chi connectivity index (χ4v) is 10.6. The molecular weight excluding hydrogens is 660 g/mol. The summed E-state index contributed by atoms with van der Waals surface area (Å²) in [6.07, 6.45) is -1.48. The SMILES string of the molecule is CC(C)Nc1cc(Sc2ccc([C@@H]3O[C@@H]4C[C@H]5[C@@H]6C[C@H](F)C7=CC(=O)C=C[C@]7(C)[C@@]6(F)[C@@H](O)C[C@]5(C)[C@]4(C(=O)CO)O3)cc2)ccc1Cl. The molecule has 0 amide bonds. The van der Waals surface area contributed by atoms with Gasteiger partial charge in [-0.05, 0) is 94.0 Å². The number of hydrogen-bond acceptors (Lipinski definition) is 8. The number of alkyl halides is 2. The van der Waals surface area contributed by atoms with E-state index in [4.69, 9.17) is 21.1 Å². The molecule has 0 unspecified atom stereocenters. The van der Waals surface area contributed by atoms with Crippen molar-refractivity contribution in [2.24, 2.45) is 22.7 Å². The number of carbonyl (C=O) groups is 2. The third kappa shape index (κ3) is 4.73. The molecule has 11 heteroatoms. The van der Waals surface area contributed by atoms with Gasteiger partial charge in [0.15, 0.2) is 29.1 Å². The van der Waals surface area contributed by atoms with Gasteiger partial charge in [-0.3, -0.25) is 9.59 Å². The Morgan fingerprint density at radius 2 is 1.83 bits per heavy atom. The van der Waals surface area contributed by atoms with Gasteiger partial charge in [-0.25, -0.2) is 8.78 Å². The summed E-state index contributed by atoms with van der Waals surface area (Å²) in [6, 6.07) is 13.6. The number of fused-ring (bicyclic) bond motifs is 7. The number of ether oxygens (including phenoxy) is 2. The summed E-state index contributed by atoms with van der Waals surface area (Å²) in [5.74, 6) is -2.63. The third-order valence-electron chi connectivity index (χ3n) is 11.7. The van der Waals surface area contributed by atoms with Crippen LogP contribution in [0.15, 0.2) is 76.1 Å². The number of anilines is 1. The highest BCUT2D eigenvalue weighted by Gasteiger charge is 2.80. The van der Waals surface area contributed by atoms with Crippen LogP contribution in [0.3, 0.4) is 0 Å². The van der Waals surface area contributed by atoms with E-state index in [-0.39, 0.29) is 30.9 Å². The molecule has 10 atom stereocenters. The normalized spacial score (nSPS) is 39.8. The average molecular weight is 700 g/mol. The van der Waals surface area contributed by atoms with Gasteiger partial charge in [-0.1, -0.05) is 48.5 Å². The van der Waals surface area contributed by atoms with Crippen LogP contribution in [0.4, 0.5) is 14.5 Å². The molecule has 48 heavy (non-hydrogen) atoms. The maximum absolute atomic E-state index is 17.6. The minimum Gasteiger partial charge on any atom is -0.390 e. The topological polar surface area (TPSA) is 105 Å². The van der Waals surface area contributed by atoms with Gasteiger partial charge in [0.2, 0.25) is 0 Å². The van der Waals surface area contributed by atoms with Crippen molar-refractivity contribution in [3.05, 3.63) is 76.9 Å². The van der Waals surface area contributed by atoms with E-state index in [1.165, 1.54) is 19.1 Å². The molecule has 2 aromatic rings. The quantitative estimate of drug-likeness (QED) is 0.285. The van der Waals surface area contributed by atoms with Crippen LogP contribution in [0.2, 0.25) is 5.02 Å². The van der Waals surface area contributed by atoms with E-state index in [2.05, 4.69) is 5.32 Å². The standard InChI is InChI=1S/C37H40ClF2NO6S/c1-19(2)41-29-14-23(9-10-27(29)38)48-22-7-5-20(6-8-22)33-46-32-16-24-25-15-28(39)26-13-21(43)11-12-34(26,3)36(25,40)30(44)17-35(24,4)37(32,47-33)31(45)18-42/h5-14,19,24-25,28,30,32-33,41-42,44H,15-18H2,1-4H3/t24-,25-,28-,30-,32+,33+,34-,35-,36-,37+/m0/s1. The summed E-state index contributed by atoms with van der Waals surface area (Å²) in [5, 5.41) is 25.9. The monoisotopic (exact) mass is 699 g/mol. The van der Waals surface area contributed by atoms with Crippen LogP contribution in [-0.4, -0.2) is 64.1 Å². The van der Waals surface area contributed by atoms with Gasteiger partial charge in [0.25, 0.3) is 0 Å². The average Bonchev–Trinajstić information content (AvgIpc) is 3.54. The largest absolute Gasteiger partial charge is 0.390 e. The molecule has 1 saturated heterocycles. The van der Waals surface area contributed by atoms with Crippen molar-refractivity contribution >= 4 is 40.6 Å². The van der Waals surface area contributed by atoms with Crippen molar-refractivity contribution in [1.82, 2.24) is 0 Å². The lowest BCUT2D eigenvalue weighted by molar-refractivity contribution is -0.235. The van der Waals surface area contributed by atoms with Gasteiger partial charge >= 0.3 is 0 Å². The lowest BCUT2D eigenvalue weighted by Gasteiger charge is -2.63. The summed E-state index contributed by atoms with van der Waals surface area (Å²) in [7, 11) is 0. The van der Waals surface area contributed by atoms with Gasteiger partial charge in [0.05, 0.1) is 22.9 Å². The van der Waals surface area contributed by atoms with Crippen molar-refractivity contribution < 1.29 is 38.1 Å². The molecule has 0 bridgehead atoms. The number of Topliss-reactive ketones (excluding diaryl/α,β-unsaturated/α-hetero) is 1. The molecule has 0 radical (unpaired) electrons. The minimum absolute atomic E-state index is 0.0358. The molecule has 4 aliphatic carbocycles. The van der Waals surface area contributed by atoms with Crippen molar-refractivity contribution in [3.8, 4) is 0 Å². The van der Waals surface area contributed by atoms with E-state index in [9.17, 15) is 19.8 Å². The smallest absolute Gasteiger partial charge is 0.193 e. The third-order valence-corrected chi connectivity index (χ3v) is 13.0. The summed E-state index contributed by atoms with van der Waals surface area (Å²) in [4.78, 5) is 27.9. The summed E-state index contributed by atoms with van der Waals surface area (Å²) in [6.45, 7) is 6.56. The van der Waals surface area contributed by atoms with E-state index in [0.717, 1.165) is 21.6 Å². The first-order valence-corrected chi connectivity index (χ1v) is 17.6. The second-order valence-corrected chi connectivity index (χ2v) is 16.2. The number of hydrogen-bond donors (Lipinski definition) is 3. The van der Waals surface area contributed by atoms with Crippen LogP contribution >= 0.6 is 23.4 Å². The van der Waals surface area contributed by atoms with Crippen molar-refractivity contribution in [2.45, 2.75) is 98.7 Å².